The molecule has 0 spiro atoms. The van der Waals surface area contributed by atoms with Crippen molar-refractivity contribution in [3.63, 3.8) is 0 Å². The highest BCUT2D eigenvalue weighted by atomic mass is 32.2. The number of hydrogen-bond acceptors (Lipinski definition) is 4. The monoisotopic (exact) mass is 367 g/mol. The minimum atomic E-state index is -3.63. The first-order valence-electron chi connectivity index (χ1n) is 8.50. The van der Waals surface area contributed by atoms with Crippen LogP contribution in [0.5, 0.6) is 0 Å². The van der Waals surface area contributed by atoms with Crippen LogP contribution in [0.25, 0.3) is 11.3 Å². The molecule has 1 heterocycles. The Morgan fingerprint density at radius 2 is 1.81 bits per heavy atom. The lowest BCUT2D eigenvalue weighted by molar-refractivity contribution is 0.601. The van der Waals surface area contributed by atoms with Crippen LogP contribution in [0.1, 0.15) is 24.7 Å². The predicted octanol–water partition coefficient (Wildman–Crippen LogP) is 4.21. The Kier molecular flexibility index (Phi) is 5.32. The molecule has 0 radical (unpaired) electrons. The third-order valence-corrected chi connectivity index (χ3v) is 5.36. The SMILES string of the molecule is CCCc1ccc(S(=O)(=O)Nc2cccc(-c3ccnc(C)n3)c2)cc1. The van der Waals surface area contributed by atoms with Gasteiger partial charge in [-0.05, 0) is 49.2 Å². The van der Waals surface area contributed by atoms with Gasteiger partial charge in [-0.1, -0.05) is 37.6 Å². The van der Waals surface area contributed by atoms with Crippen LogP contribution < -0.4 is 4.72 Å². The van der Waals surface area contributed by atoms with E-state index >= 15 is 0 Å². The molecule has 0 unspecified atom stereocenters. The number of nitrogens with one attached hydrogen (secondary N) is 1. The minimum Gasteiger partial charge on any atom is -0.280 e. The Balaban J connectivity index is 1.85. The molecule has 0 saturated heterocycles. The number of benzene rings is 2. The van der Waals surface area contributed by atoms with Crippen LogP contribution in [0, 0.1) is 6.92 Å². The normalized spacial score (nSPS) is 11.3. The van der Waals surface area contributed by atoms with E-state index in [-0.39, 0.29) is 4.90 Å². The number of hydrogen-bond donors (Lipinski definition) is 1. The zero-order chi connectivity index (χ0) is 18.6. The second kappa shape index (κ2) is 7.66. The van der Waals surface area contributed by atoms with Crippen molar-refractivity contribution in [2.45, 2.75) is 31.6 Å². The van der Waals surface area contributed by atoms with Crippen LogP contribution in [0.2, 0.25) is 0 Å². The van der Waals surface area contributed by atoms with E-state index in [0.29, 0.717) is 11.5 Å². The molecule has 1 aromatic heterocycles. The van der Waals surface area contributed by atoms with E-state index in [4.69, 9.17) is 0 Å². The summed E-state index contributed by atoms with van der Waals surface area (Å²) in [6.45, 7) is 3.91. The van der Waals surface area contributed by atoms with E-state index in [0.717, 1.165) is 29.7 Å². The van der Waals surface area contributed by atoms with Crippen LogP contribution in [0.15, 0.2) is 65.7 Å². The molecule has 0 aliphatic carbocycles. The second-order valence-electron chi connectivity index (χ2n) is 6.07. The van der Waals surface area contributed by atoms with Crippen molar-refractivity contribution < 1.29 is 8.42 Å². The number of anilines is 1. The summed E-state index contributed by atoms with van der Waals surface area (Å²) in [6.07, 6.45) is 3.65. The summed E-state index contributed by atoms with van der Waals surface area (Å²) in [5.74, 6) is 0.667. The fourth-order valence-corrected chi connectivity index (χ4v) is 3.75. The van der Waals surface area contributed by atoms with Crippen molar-refractivity contribution in [1.82, 2.24) is 9.97 Å². The van der Waals surface area contributed by atoms with Crippen LogP contribution in [-0.2, 0) is 16.4 Å². The number of nitrogens with zero attached hydrogens (tertiary/aromatic N) is 2. The number of aryl methyl sites for hydroxylation is 2. The second-order valence-corrected chi connectivity index (χ2v) is 7.75. The smallest absolute Gasteiger partial charge is 0.261 e. The maximum absolute atomic E-state index is 12.6. The van der Waals surface area contributed by atoms with Gasteiger partial charge in [-0.3, -0.25) is 4.72 Å². The molecule has 5 nitrogen and oxygen atoms in total. The lowest BCUT2D eigenvalue weighted by Gasteiger charge is -2.10. The van der Waals surface area contributed by atoms with E-state index in [1.807, 2.05) is 25.1 Å². The minimum absolute atomic E-state index is 0.251. The molecule has 0 aliphatic rings. The van der Waals surface area contributed by atoms with Crippen molar-refractivity contribution in [3.05, 3.63) is 72.2 Å². The molecule has 6 heteroatoms. The van der Waals surface area contributed by atoms with Gasteiger partial charge >= 0.3 is 0 Å². The molecule has 2 aromatic carbocycles. The summed E-state index contributed by atoms with van der Waals surface area (Å²) in [6, 6.07) is 16.0. The average Bonchev–Trinajstić information content (AvgIpc) is 2.62. The summed E-state index contributed by atoms with van der Waals surface area (Å²) >= 11 is 0. The van der Waals surface area contributed by atoms with Crippen LogP contribution in [-0.4, -0.2) is 18.4 Å². The molecule has 0 bridgehead atoms. The zero-order valence-corrected chi connectivity index (χ0v) is 15.6. The van der Waals surface area contributed by atoms with Crippen LogP contribution in [0.3, 0.4) is 0 Å². The Bertz CT molecular complexity index is 1000. The van der Waals surface area contributed by atoms with Gasteiger partial charge in [0.15, 0.2) is 0 Å². The Labute approximate surface area is 154 Å². The quantitative estimate of drug-likeness (QED) is 0.708. The molecule has 0 saturated carbocycles. The van der Waals surface area contributed by atoms with E-state index < -0.39 is 10.0 Å². The van der Waals surface area contributed by atoms with Crippen LogP contribution in [0.4, 0.5) is 5.69 Å². The molecule has 134 valence electrons. The van der Waals surface area contributed by atoms with Crippen molar-refractivity contribution in [2.75, 3.05) is 4.72 Å². The van der Waals surface area contributed by atoms with Gasteiger partial charge < -0.3 is 0 Å². The highest BCUT2D eigenvalue weighted by Crippen LogP contribution is 2.23. The van der Waals surface area contributed by atoms with Gasteiger partial charge in [-0.25, -0.2) is 18.4 Å². The van der Waals surface area contributed by atoms with Crippen LogP contribution >= 0.6 is 0 Å². The van der Waals surface area contributed by atoms with E-state index in [1.165, 1.54) is 0 Å². The Morgan fingerprint density at radius 1 is 1.04 bits per heavy atom. The summed E-state index contributed by atoms with van der Waals surface area (Å²) < 4.78 is 27.9. The molecular weight excluding hydrogens is 346 g/mol. The lowest BCUT2D eigenvalue weighted by Crippen LogP contribution is -2.13. The zero-order valence-electron chi connectivity index (χ0n) is 14.8. The third-order valence-electron chi connectivity index (χ3n) is 3.96. The Morgan fingerprint density at radius 3 is 2.50 bits per heavy atom. The van der Waals surface area contributed by atoms with Gasteiger partial charge in [0.1, 0.15) is 5.82 Å². The summed E-state index contributed by atoms with van der Waals surface area (Å²) in [4.78, 5) is 8.71. The largest absolute Gasteiger partial charge is 0.280 e. The molecule has 0 atom stereocenters. The summed E-state index contributed by atoms with van der Waals surface area (Å²) in [5, 5.41) is 0. The number of rotatable bonds is 6. The first kappa shape index (κ1) is 18.1. The van der Waals surface area contributed by atoms with E-state index in [1.54, 1.807) is 42.6 Å². The predicted molar refractivity (Wildman–Crippen MR) is 103 cm³/mol. The summed E-state index contributed by atoms with van der Waals surface area (Å²) in [7, 11) is -3.63. The number of aromatic nitrogens is 2. The standard InChI is InChI=1S/C20H21N3O2S/c1-3-5-16-8-10-19(11-9-16)26(24,25)23-18-7-4-6-17(14-18)20-12-13-21-15(2)22-20/h4,6-14,23H,3,5H2,1-2H3. The van der Waals surface area contributed by atoms with Gasteiger partial charge in [0.05, 0.1) is 10.6 Å². The maximum atomic E-state index is 12.6. The molecule has 26 heavy (non-hydrogen) atoms. The Hall–Kier alpha value is -2.73. The van der Waals surface area contributed by atoms with E-state index in [2.05, 4.69) is 21.6 Å². The van der Waals surface area contributed by atoms with Crippen molar-refractivity contribution in [2.24, 2.45) is 0 Å². The average molecular weight is 367 g/mol. The van der Waals surface area contributed by atoms with Gasteiger partial charge in [-0.2, -0.15) is 0 Å². The number of sulfonamides is 1. The van der Waals surface area contributed by atoms with Crippen molar-refractivity contribution in [1.29, 1.82) is 0 Å². The first-order valence-corrected chi connectivity index (χ1v) is 9.98. The van der Waals surface area contributed by atoms with Gasteiger partial charge in [0.2, 0.25) is 0 Å². The topological polar surface area (TPSA) is 72.0 Å². The maximum Gasteiger partial charge on any atom is 0.261 e. The van der Waals surface area contributed by atoms with Crippen molar-refractivity contribution in [3.8, 4) is 11.3 Å². The third kappa shape index (κ3) is 4.26. The lowest BCUT2D eigenvalue weighted by atomic mass is 10.1. The molecule has 0 fully saturated rings. The first-order chi connectivity index (χ1) is 12.5. The van der Waals surface area contributed by atoms with Crippen molar-refractivity contribution >= 4 is 15.7 Å². The molecule has 3 aromatic rings. The highest BCUT2D eigenvalue weighted by Gasteiger charge is 2.14. The summed E-state index contributed by atoms with van der Waals surface area (Å²) in [5.41, 5.74) is 3.21. The highest BCUT2D eigenvalue weighted by molar-refractivity contribution is 7.92. The van der Waals surface area contributed by atoms with Gasteiger partial charge in [-0.15, -0.1) is 0 Å². The van der Waals surface area contributed by atoms with E-state index in [9.17, 15) is 8.42 Å². The molecule has 3 rings (SSSR count). The molecule has 1 N–H and O–H groups in total. The molecule has 0 aliphatic heterocycles. The van der Waals surface area contributed by atoms with Gasteiger partial charge in [0, 0.05) is 17.4 Å². The molecular formula is C20H21N3O2S. The molecule has 0 amide bonds. The van der Waals surface area contributed by atoms with Gasteiger partial charge in [0.25, 0.3) is 10.0 Å². The fraction of sp³-hybridized carbons (Fsp3) is 0.200. The fourth-order valence-electron chi connectivity index (χ4n) is 2.70.